The topological polar surface area (TPSA) is 93.6 Å². The molecule has 1 aromatic heterocycles. The van der Waals surface area contributed by atoms with E-state index in [0.29, 0.717) is 30.0 Å². The molecule has 64 valence electrons. The number of nitriles is 1. The van der Waals surface area contributed by atoms with E-state index in [1.807, 2.05) is 6.07 Å². The highest BCUT2D eigenvalue weighted by Crippen LogP contribution is 2.14. The number of rotatable bonds is 2. The summed E-state index contributed by atoms with van der Waals surface area (Å²) in [6, 6.07) is 2.01. The highest BCUT2D eigenvalue weighted by molar-refractivity contribution is 5.51. The summed E-state index contributed by atoms with van der Waals surface area (Å²) in [5, 5.41) is 12.8. The number of nitrogens with two attached hydrogens (primary N) is 2. The first-order valence-electron chi connectivity index (χ1n) is 3.62. The second-order valence-electron chi connectivity index (χ2n) is 2.48. The fourth-order valence-corrected chi connectivity index (χ4v) is 1.03. The van der Waals surface area contributed by atoms with Gasteiger partial charge in [-0.15, -0.1) is 0 Å². The molecule has 0 saturated carbocycles. The van der Waals surface area contributed by atoms with Crippen LogP contribution in [-0.4, -0.2) is 16.3 Å². The van der Waals surface area contributed by atoms with Crippen molar-refractivity contribution < 1.29 is 0 Å². The van der Waals surface area contributed by atoms with Crippen molar-refractivity contribution in [2.75, 3.05) is 12.3 Å². The normalized spacial score (nSPS) is 9.75. The molecule has 0 unspecified atom stereocenters. The summed E-state index contributed by atoms with van der Waals surface area (Å²) in [6.45, 7) is 0.477. The van der Waals surface area contributed by atoms with E-state index < -0.39 is 0 Å². The lowest BCUT2D eigenvalue weighted by molar-refractivity contribution is 0.747. The summed E-state index contributed by atoms with van der Waals surface area (Å²) in [5.74, 6) is 0.404. The SMILES string of the molecule is Cn1nc(CCN)c(C#N)c1N. The quantitative estimate of drug-likeness (QED) is 0.610. The number of aromatic nitrogens is 2. The summed E-state index contributed by atoms with van der Waals surface area (Å²) in [7, 11) is 1.70. The van der Waals surface area contributed by atoms with Crippen molar-refractivity contribution in [1.29, 1.82) is 5.26 Å². The lowest BCUT2D eigenvalue weighted by Gasteiger charge is -1.90. The number of aryl methyl sites for hydroxylation is 1. The van der Waals surface area contributed by atoms with E-state index in [1.165, 1.54) is 4.68 Å². The van der Waals surface area contributed by atoms with Crippen LogP contribution in [0.3, 0.4) is 0 Å². The van der Waals surface area contributed by atoms with Crippen molar-refractivity contribution in [3.05, 3.63) is 11.3 Å². The number of anilines is 1. The minimum atomic E-state index is 0.404. The lowest BCUT2D eigenvalue weighted by atomic mass is 10.2. The van der Waals surface area contributed by atoms with Crippen LogP contribution in [0.2, 0.25) is 0 Å². The van der Waals surface area contributed by atoms with Crippen LogP contribution >= 0.6 is 0 Å². The molecule has 0 aliphatic rings. The second-order valence-corrected chi connectivity index (χ2v) is 2.48. The number of hydrogen-bond donors (Lipinski definition) is 2. The van der Waals surface area contributed by atoms with Gasteiger partial charge in [0.2, 0.25) is 0 Å². The van der Waals surface area contributed by atoms with E-state index in [-0.39, 0.29) is 0 Å². The molecule has 1 heterocycles. The van der Waals surface area contributed by atoms with Gasteiger partial charge in [0, 0.05) is 13.5 Å². The summed E-state index contributed by atoms with van der Waals surface area (Å²) in [5.41, 5.74) is 12.1. The lowest BCUT2D eigenvalue weighted by Crippen LogP contribution is -2.04. The molecule has 0 bridgehead atoms. The van der Waals surface area contributed by atoms with E-state index in [0.717, 1.165) is 0 Å². The number of nitrogen functional groups attached to an aromatic ring is 1. The Kier molecular flexibility index (Phi) is 2.31. The van der Waals surface area contributed by atoms with Crippen molar-refractivity contribution in [2.45, 2.75) is 6.42 Å². The molecule has 4 N–H and O–H groups in total. The molecular formula is C7H11N5. The fraction of sp³-hybridized carbons (Fsp3) is 0.429. The van der Waals surface area contributed by atoms with Crippen molar-refractivity contribution in [3.8, 4) is 6.07 Å². The van der Waals surface area contributed by atoms with Gasteiger partial charge in [-0.2, -0.15) is 10.4 Å². The molecule has 0 aliphatic heterocycles. The average molecular weight is 165 g/mol. The van der Waals surface area contributed by atoms with E-state index in [9.17, 15) is 0 Å². The summed E-state index contributed by atoms with van der Waals surface area (Å²) in [6.07, 6.45) is 0.591. The van der Waals surface area contributed by atoms with Crippen molar-refractivity contribution in [2.24, 2.45) is 12.8 Å². The Morgan fingerprint density at radius 2 is 2.33 bits per heavy atom. The minimum absolute atomic E-state index is 0.404. The highest BCUT2D eigenvalue weighted by atomic mass is 15.3. The molecule has 0 aliphatic carbocycles. The first-order chi connectivity index (χ1) is 5.70. The summed E-state index contributed by atoms with van der Waals surface area (Å²) in [4.78, 5) is 0. The van der Waals surface area contributed by atoms with Gasteiger partial charge in [-0.1, -0.05) is 0 Å². The molecule has 0 amide bonds. The van der Waals surface area contributed by atoms with Gasteiger partial charge in [0.15, 0.2) is 0 Å². The Morgan fingerprint density at radius 1 is 1.67 bits per heavy atom. The largest absolute Gasteiger partial charge is 0.383 e. The molecule has 0 saturated heterocycles. The molecule has 0 fully saturated rings. The standard InChI is InChI=1S/C7H11N5/c1-12-7(10)5(4-9)6(11-12)2-3-8/h2-3,8,10H2,1H3. The van der Waals surface area contributed by atoms with Gasteiger partial charge >= 0.3 is 0 Å². The third kappa shape index (κ3) is 1.24. The minimum Gasteiger partial charge on any atom is -0.383 e. The molecule has 1 rings (SSSR count). The fourth-order valence-electron chi connectivity index (χ4n) is 1.03. The van der Waals surface area contributed by atoms with Gasteiger partial charge in [-0.05, 0) is 6.54 Å². The third-order valence-electron chi connectivity index (χ3n) is 1.66. The smallest absolute Gasteiger partial charge is 0.139 e. The van der Waals surface area contributed by atoms with Crippen LogP contribution in [0.25, 0.3) is 0 Å². The molecule has 12 heavy (non-hydrogen) atoms. The summed E-state index contributed by atoms with van der Waals surface area (Å²) >= 11 is 0. The van der Waals surface area contributed by atoms with Gasteiger partial charge in [0.25, 0.3) is 0 Å². The van der Waals surface area contributed by atoms with Gasteiger partial charge in [0.05, 0.1) is 5.69 Å². The van der Waals surface area contributed by atoms with E-state index in [1.54, 1.807) is 7.05 Å². The van der Waals surface area contributed by atoms with Crippen LogP contribution in [0.4, 0.5) is 5.82 Å². The second kappa shape index (κ2) is 3.24. The molecule has 5 heteroatoms. The van der Waals surface area contributed by atoms with Crippen LogP contribution in [0, 0.1) is 11.3 Å². The zero-order valence-electron chi connectivity index (χ0n) is 6.91. The first-order valence-corrected chi connectivity index (χ1v) is 3.62. The van der Waals surface area contributed by atoms with Gasteiger partial charge in [-0.25, -0.2) is 0 Å². The predicted molar refractivity (Wildman–Crippen MR) is 45.1 cm³/mol. The summed E-state index contributed by atoms with van der Waals surface area (Å²) < 4.78 is 1.49. The van der Waals surface area contributed by atoms with Crippen molar-refractivity contribution in [1.82, 2.24) is 9.78 Å². The zero-order valence-corrected chi connectivity index (χ0v) is 6.91. The first kappa shape index (κ1) is 8.56. The van der Waals surface area contributed by atoms with Gasteiger partial charge < -0.3 is 11.5 Å². The predicted octanol–water partition coefficient (Wildman–Crippen LogP) is -0.625. The van der Waals surface area contributed by atoms with Gasteiger partial charge in [-0.3, -0.25) is 4.68 Å². The monoisotopic (exact) mass is 165 g/mol. The Labute approximate surface area is 70.6 Å². The molecule has 1 aromatic rings. The zero-order chi connectivity index (χ0) is 9.14. The maximum absolute atomic E-state index is 8.72. The van der Waals surface area contributed by atoms with E-state index in [4.69, 9.17) is 16.7 Å². The van der Waals surface area contributed by atoms with E-state index in [2.05, 4.69) is 5.10 Å². The molecular weight excluding hydrogens is 154 g/mol. The maximum Gasteiger partial charge on any atom is 0.139 e. The molecule has 0 radical (unpaired) electrons. The molecule has 0 atom stereocenters. The van der Waals surface area contributed by atoms with Crippen LogP contribution < -0.4 is 11.5 Å². The highest BCUT2D eigenvalue weighted by Gasteiger charge is 2.11. The number of nitrogens with zero attached hydrogens (tertiary/aromatic N) is 3. The third-order valence-corrected chi connectivity index (χ3v) is 1.66. The Balaban J connectivity index is 3.13. The van der Waals surface area contributed by atoms with Crippen LogP contribution in [-0.2, 0) is 13.5 Å². The van der Waals surface area contributed by atoms with Crippen LogP contribution in [0.1, 0.15) is 11.3 Å². The van der Waals surface area contributed by atoms with Gasteiger partial charge in [0.1, 0.15) is 17.5 Å². The Hall–Kier alpha value is -1.54. The molecule has 0 spiro atoms. The van der Waals surface area contributed by atoms with Crippen molar-refractivity contribution in [3.63, 3.8) is 0 Å². The van der Waals surface area contributed by atoms with Crippen molar-refractivity contribution >= 4 is 5.82 Å². The average Bonchev–Trinajstić information content (AvgIpc) is 2.29. The van der Waals surface area contributed by atoms with Crippen LogP contribution in [0.15, 0.2) is 0 Å². The number of hydrogen-bond acceptors (Lipinski definition) is 4. The molecule has 5 nitrogen and oxygen atoms in total. The van der Waals surface area contributed by atoms with E-state index >= 15 is 0 Å². The van der Waals surface area contributed by atoms with Crippen LogP contribution in [0.5, 0.6) is 0 Å². The Morgan fingerprint density at radius 3 is 2.83 bits per heavy atom. The Bertz CT molecular complexity index is 319. The maximum atomic E-state index is 8.72. The molecule has 0 aromatic carbocycles.